The Morgan fingerprint density at radius 1 is 1.05 bits per heavy atom. The Balaban J connectivity index is 2.80. The first-order valence-corrected chi connectivity index (χ1v) is 5.53. The molecule has 0 spiro atoms. The van der Waals surface area contributed by atoms with E-state index >= 15 is 0 Å². The predicted octanol–water partition coefficient (Wildman–Crippen LogP) is -1.16. The lowest BCUT2D eigenvalue weighted by atomic mass is 10.1. The second-order valence-corrected chi connectivity index (χ2v) is 3.98. The molecule has 0 saturated carbocycles. The van der Waals surface area contributed by atoms with E-state index in [1.165, 1.54) is 24.3 Å². The number of carboxylic acids is 1. The van der Waals surface area contributed by atoms with E-state index < -0.39 is 36.2 Å². The summed E-state index contributed by atoms with van der Waals surface area (Å²) in [6.45, 7) is 0. The Labute approximate surface area is 113 Å². The highest BCUT2D eigenvalue weighted by atomic mass is 16.4. The molecule has 106 valence electrons. The van der Waals surface area contributed by atoms with Gasteiger partial charge in [-0.2, -0.15) is 0 Å². The van der Waals surface area contributed by atoms with E-state index in [-0.39, 0.29) is 11.1 Å². The minimum atomic E-state index is -1.41. The van der Waals surface area contributed by atoms with E-state index in [4.69, 9.17) is 16.6 Å². The summed E-state index contributed by atoms with van der Waals surface area (Å²) in [6.07, 6.45) is -0.513. The number of carbonyl (C=O) groups excluding carboxylic acids is 3. The van der Waals surface area contributed by atoms with Crippen LogP contribution >= 0.6 is 0 Å². The lowest BCUT2D eigenvalue weighted by Gasteiger charge is -2.12. The molecule has 1 rings (SSSR count). The number of primary amides is 2. The van der Waals surface area contributed by atoms with Gasteiger partial charge in [0.1, 0.15) is 6.04 Å². The van der Waals surface area contributed by atoms with Crippen molar-refractivity contribution in [2.75, 3.05) is 0 Å². The summed E-state index contributed by atoms with van der Waals surface area (Å²) < 4.78 is 0. The number of carboxylic acid groups (broad SMARTS) is 1. The van der Waals surface area contributed by atoms with Crippen molar-refractivity contribution in [2.24, 2.45) is 11.5 Å². The first-order valence-electron chi connectivity index (χ1n) is 5.53. The molecule has 1 aromatic rings. The highest BCUT2D eigenvalue weighted by Gasteiger charge is 2.22. The molecule has 0 aliphatic rings. The lowest BCUT2D eigenvalue weighted by molar-refractivity contribution is -0.140. The van der Waals surface area contributed by atoms with Gasteiger partial charge in [-0.3, -0.25) is 14.4 Å². The molecule has 0 radical (unpaired) electrons. The van der Waals surface area contributed by atoms with Gasteiger partial charge in [0.25, 0.3) is 5.91 Å². The maximum Gasteiger partial charge on any atom is 0.326 e. The third-order valence-electron chi connectivity index (χ3n) is 2.44. The first-order chi connectivity index (χ1) is 9.31. The van der Waals surface area contributed by atoms with Gasteiger partial charge in [0, 0.05) is 11.1 Å². The number of amides is 3. The van der Waals surface area contributed by atoms with Crippen molar-refractivity contribution in [2.45, 2.75) is 12.5 Å². The van der Waals surface area contributed by atoms with Crippen LogP contribution in [0.4, 0.5) is 0 Å². The van der Waals surface area contributed by atoms with E-state index in [0.717, 1.165) is 0 Å². The Hall–Kier alpha value is -2.90. The smallest absolute Gasteiger partial charge is 0.326 e. The predicted molar refractivity (Wildman–Crippen MR) is 67.7 cm³/mol. The quantitative estimate of drug-likeness (QED) is 0.517. The molecule has 6 N–H and O–H groups in total. The fourth-order valence-corrected chi connectivity index (χ4v) is 1.43. The average molecular weight is 279 g/mol. The van der Waals surface area contributed by atoms with Gasteiger partial charge in [0.15, 0.2) is 0 Å². The van der Waals surface area contributed by atoms with Crippen LogP contribution in [0.15, 0.2) is 24.3 Å². The van der Waals surface area contributed by atoms with Crippen LogP contribution in [0.25, 0.3) is 0 Å². The number of nitrogens with one attached hydrogen (secondary N) is 1. The first kappa shape index (κ1) is 15.2. The fourth-order valence-electron chi connectivity index (χ4n) is 1.43. The summed E-state index contributed by atoms with van der Waals surface area (Å²) in [5, 5.41) is 11.0. The zero-order chi connectivity index (χ0) is 15.3. The van der Waals surface area contributed by atoms with Crippen LogP contribution in [0.5, 0.6) is 0 Å². The van der Waals surface area contributed by atoms with Crippen molar-refractivity contribution in [3.63, 3.8) is 0 Å². The largest absolute Gasteiger partial charge is 0.480 e. The lowest BCUT2D eigenvalue weighted by Crippen LogP contribution is -2.43. The Morgan fingerprint density at radius 2 is 1.55 bits per heavy atom. The van der Waals surface area contributed by atoms with Crippen LogP contribution in [0.2, 0.25) is 0 Å². The number of rotatable bonds is 6. The van der Waals surface area contributed by atoms with Crippen LogP contribution in [0.1, 0.15) is 27.1 Å². The van der Waals surface area contributed by atoms with Crippen molar-refractivity contribution < 1.29 is 24.3 Å². The SMILES string of the molecule is NC(=O)C[C@H](NC(=O)c1ccc(C(N)=O)cc1)C(=O)O. The molecule has 20 heavy (non-hydrogen) atoms. The zero-order valence-electron chi connectivity index (χ0n) is 10.3. The summed E-state index contributed by atoms with van der Waals surface area (Å²) in [7, 11) is 0. The van der Waals surface area contributed by atoms with Gasteiger partial charge in [-0.25, -0.2) is 4.79 Å². The van der Waals surface area contributed by atoms with E-state index in [1.807, 2.05) is 0 Å². The number of benzene rings is 1. The second kappa shape index (κ2) is 6.32. The highest BCUT2D eigenvalue weighted by molar-refractivity contribution is 5.99. The summed E-state index contributed by atoms with van der Waals surface area (Å²) in [5.41, 5.74) is 10.3. The zero-order valence-corrected chi connectivity index (χ0v) is 10.3. The molecule has 0 saturated heterocycles. The third-order valence-corrected chi connectivity index (χ3v) is 2.44. The molecule has 1 atom stereocenters. The molecular formula is C12H13N3O5. The summed E-state index contributed by atoms with van der Waals surface area (Å²) in [5.74, 6) is -3.56. The fraction of sp³-hybridized carbons (Fsp3) is 0.167. The van der Waals surface area contributed by atoms with Crippen molar-refractivity contribution in [1.82, 2.24) is 5.32 Å². The van der Waals surface area contributed by atoms with Crippen LogP contribution < -0.4 is 16.8 Å². The molecule has 0 heterocycles. The van der Waals surface area contributed by atoms with Gasteiger partial charge in [-0.1, -0.05) is 0 Å². The second-order valence-electron chi connectivity index (χ2n) is 3.98. The Bertz CT molecular complexity index is 553. The van der Waals surface area contributed by atoms with Crippen LogP contribution in [-0.4, -0.2) is 34.8 Å². The molecule has 1 aromatic carbocycles. The van der Waals surface area contributed by atoms with Crippen molar-refractivity contribution in [3.8, 4) is 0 Å². The molecule has 8 nitrogen and oxygen atoms in total. The van der Waals surface area contributed by atoms with E-state index in [9.17, 15) is 19.2 Å². The Morgan fingerprint density at radius 3 is 1.95 bits per heavy atom. The molecule has 0 aliphatic carbocycles. The molecular weight excluding hydrogens is 266 g/mol. The number of hydrogen-bond acceptors (Lipinski definition) is 4. The molecule has 0 fully saturated rings. The minimum absolute atomic E-state index is 0.130. The normalized spacial score (nSPS) is 11.4. The van der Waals surface area contributed by atoms with Gasteiger partial charge in [0.05, 0.1) is 6.42 Å². The van der Waals surface area contributed by atoms with Gasteiger partial charge >= 0.3 is 5.97 Å². The van der Waals surface area contributed by atoms with Crippen molar-refractivity contribution in [1.29, 1.82) is 0 Å². The van der Waals surface area contributed by atoms with E-state index in [2.05, 4.69) is 5.32 Å². The summed E-state index contributed by atoms with van der Waals surface area (Å²) in [4.78, 5) is 44.2. The van der Waals surface area contributed by atoms with Gasteiger partial charge in [-0.05, 0) is 24.3 Å². The molecule has 8 heteroatoms. The van der Waals surface area contributed by atoms with Crippen molar-refractivity contribution in [3.05, 3.63) is 35.4 Å². The number of aliphatic carboxylic acids is 1. The van der Waals surface area contributed by atoms with Crippen molar-refractivity contribution >= 4 is 23.7 Å². The van der Waals surface area contributed by atoms with Gasteiger partial charge in [-0.15, -0.1) is 0 Å². The minimum Gasteiger partial charge on any atom is -0.480 e. The van der Waals surface area contributed by atoms with Gasteiger partial charge < -0.3 is 21.9 Å². The summed E-state index contributed by atoms with van der Waals surface area (Å²) >= 11 is 0. The Kier molecular flexibility index (Phi) is 4.79. The third kappa shape index (κ3) is 4.09. The van der Waals surface area contributed by atoms with E-state index in [1.54, 1.807) is 0 Å². The number of nitrogens with two attached hydrogens (primary N) is 2. The van der Waals surface area contributed by atoms with Crippen LogP contribution in [0.3, 0.4) is 0 Å². The maximum atomic E-state index is 11.8. The number of hydrogen-bond donors (Lipinski definition) is 4. The molecule has 0 aromatic heterocycles. The maximum absolute atomic E-state index is 11.8. The van der Waals surface area contributed by atoms with Gasteiger partial charge in [0.2, 0.25) is 11.8 Å². The molecule has 3 amide bonds. The molecule has 0 unspecified atom stereocenters. The average Bonchev–Trinajstić information content (AvgIpc) is 2.37. The van der Waals surface area contributed by atoms with Crippen LogP contribution in [-0.2, 0) is 9.59 Å². The standard InChI is InChI=1S/C12H13N3O5/c13-9(16)5-8(12(19)20)15-11(18)7-3-1-6(2-4-7)10(14)17/h1-4,8H,5H2,(H2,13,16)(H2,14,17)(H,15,18)(H,19,20)/t8-/m0/s1. The topological polar surface area (TPSA) is 153 Å². The summed E-state index contributed by atoms with van der Waals surface area (Å²) in [6, 6.07) is 3.90. The monoisotopic (exact) mass is 279 g/mol. The van der Waals surface area contributed by atoms with E-state index in [0.29, 0.717) is 0 Å². The molecule has 0 aliphatic heterocycles. The van der Waals surface area contributed by atoms with Crippen LogP contribution in [0, 0.1) is 0 Å². The highest BCUT2D eigenvalue weighted by Crippen LogP contribution is 2.05. The molecule has 0 bridgehead atoms. The number of carbonyl (C=O) groups is 4.